The molecule has 0 unspecified atom stereocenters. The van der Waals surface area contributed by atoms with Gasteiger partial charge in [-0.2, -0.15) is 0 Å². The summed E-state index contributed by atoms with van der Waals surface area (Å²) >= 11 is 0. The van der Waals surface area contributed by atoms with Gasteiger partial charge in [0, 0.05) is 19.2 Å². The number of hydrogen-bond donors (Lipinski definition) is 2. The third-order valence-electron chi connectivity index (χ3n) is 4.49. The lowest BCUT2D eigenvalue weighted by atomic mass is 10.0. The number of aromatic nitrogens is 2. The molecule has 0 aliphatic rings. The Hall–Kier alpha value is -3.81. The summed E-state index contributed by atoms with van der Waals surface area (Å²) < 4.78 is 4.76. The van der Waals surface area contributed by atoms with E-state index >= 15 is 0 Å². The predicted octanol–water partition coefficient (Wildman–Crippen LogP) is 2.38. The number of rotatable bonds is 8. The number of fused-ring (bicyclic) bond motifs is 1. The molecule has 3 rings (SSSR count). The maximum Gasteiger partial charge on any atom is 0.306 e. The molecule has 0 saturated carbocycles. The van der Waals surface area contributed by atoms with E-state index in [1.807, 2.05) is 42.5 Å². The summed E-state index contributed by atoms with van der Waals surface area (Å²) in [6.07, 6.45) is 0.812. The second-order valence-electron chi connectivity index (χ2n) is 6.52. The molecule has 1 aromatic heterocycles. The molecule has 1 amide bonds. The van der Waals surface area contributed by atoms with Crippen LogP contribution in [0.4, 0.5) is 0 Å². The monoisotopic (exact) mass is 407 g/mol. The van der Waals surface area contributed by atoms with E-state index in [-0.39, 0.29) is 37.4 Å². The maximum atomic E-state index is 12.4. The lowest BCUT2D eigenvalue weighted by molar-refractivity contribution is -0.143. The van der Waals surface area contributed by atoms with Gasteiger partial charge in [-0.05, 0) is 23.3 Å². The highest BCUT2D eigenvalue weighted by atomic mass is 16.5. The van der Waals surface area contributed by atoms with Crippen molar-refractivity contribution in [2.45, 2.75) is 26.3 Å². The van der Waals surface area contributed by atoms with Crippen molar-refractivity contribution >= 4 is 28.4 Å². The van der Waals surface area contributed by atoms with Crippen LogP contribution >= 0.6 is 0 Å². The molecule has 0 bridgehead atoms. The molecule has 0 fully saturated rings. The lowest BCUT2D eigenvalue weighted by Gasteiger charge is -2.08. The Morgan fingerprint density at radius 3 is 2.60 bits per heavy atom. The number of amides is 1. The van der Waals surface area contributed by atoms with Crippen molar-refractivity contribution in [3.8, 4) is 0 Å². The van der Waals surface area contributed by atoms with Crippen molar-refractivity contribution in [3.05, 3.63) is 76.0 Å². The van der Waals surface area contributed by atoms with Gasteiger partial charge in [-0.3, -0.25) is 19.2 Å². The molecule has 0 aliphatic carbocycles. The summed E-state index contributed by atoms with van der Waals surface area (Å²) in [5.41, 5.74) is -0.00585. The van der Waals surface area contributed by atoms with Crippen LogP contribution in [0.1, 0.15) is 46.3 Å². The summed E-state index contributed by atoms with van der Waals surface area (Å²) in [5, 5.41) is 4.77. The quantitative estimate of drug-likeness (QED) is 0.437. The summed E-state index contributed by atoms with van der Waals surface area (Å²) in [6, 6.07) is 13.6. The average Bonchev–Trinajstić information content (AvgIpc) is 2.76. The first-order valence-electron chi connectivity index (χ1n) is 9.52. The van der Waals surface area contributed by atoms with E-state index in [0.717, 1.165) is 22.5 Å². The Balaban J connectivity index is 1.66. The van der Waals surface area contributed by atoms with Crippen molar-refractivity contribution in [2.75, 3.05) is 6.61 Å². The predicted molar refractivity (Wildman–Crippen MR) is 110 cm³/mol. The molecule has 154 valence electrons. The van der Waals surface area contributed by atoms with Crippen LogP contribution in [0.5, 0.6) is 0 Å². The fourth-order valence-corrected chi connectivity index (χ4v) is 2.98. The Kier molecular flexibility index (Phi) is 6.69. The van der Waals surface area contributed by atoms with E-state index in [1.165, 1.54) is 0 Å². The zero-order valence-electron chi connectivity index (χ0n) is 16.4. The molecule has 0 aliphatic heterocycles. The van der Waals surface area contributed by atoms with Crippen LogP contribution in [0.15, 0.2) is 53.5 Å². The Morgan fingerprint density at radius 2 is 1.83 bits per heavy atom. The van der Waals surface area contributed by atoms with Gasteiger partial charge in [0.1, 0.15) is 5.56 Å². The minimum absolute atomic E-state index is 0.107. The third-order valence-corrected chi connectivity index (χ3v) is 4.49. The molecule has 0 radical (unpaired) electrons. The number of H-pyrrole nitrogens is 1. The minimum Gasteiger partial charge on any atom is -0.466 e. The van der Waals surface area contributed by atoms with Gasteiger partial charge in [0.25, 0.3) is 11.5 Å². The highest BCUT2D eigenvalue weighted by molar-refractivity contribution is 5.96. The third kappa shape index (κ3) is 4.96. The van der Waals surface area contributed by atoms with Crippen molar-refractivity contribution in [2.24, 2.45) is 0 Å². The largest absolute Gasteiger partial charge is 0.466 e. The van der Waals surface area contributed by atoms with E-state index in [9.17, 15) is 19.2 Å². The molecular formula is C22H21N3O5. The van der Waals surface area contributed by atoms with Crippen LogP contribution in [0.25, 0.3) is 10.8 Å². The molecular weight excluding hydrogens is 386 g/mol. The lowest BCUT2D eigenvalue weighted by Crippen LogP contribution is -2.30. The smallest absolute Gasteiger partial charge is 0.306 e. The van der Waals surface area contributed by atoms with Crippen LogP contribution in [-0.2, 0) is 16.1 Å². The van der Waals surface area contributed by atoms with E-state index in [0.29, 0.717) is 0 Å². The Morgan fingerprint density at radius 1 is 1.07 bits per heavy atom. The number of Topliss-reactive ketones (excluding diaryl/α,β-unsaturated/α-hetero) is 1. The van der Waals surface area contributed by atoms with Gasteiger partial charge in [0.05, 0.1) is 13.0 Å². The normalized spacial score (nSPS) is 10.6. The van der Waals surface area contributed by atoms with Gasteiger partial charge in [0.15, 0.2) is 11.6 Å². The summed E-state index contributed by atoms with van der Waals surface area (Å²) in [6.45, 7) is 2.13. The van der Waals surface area contributed by atoms with Crippen molar-refractivity contribution < 1.29 is 19.1 Å². The first kappa shape index (κ1) is 20.9. The zero-order valence-corrected chi connectivity index (χ0v) is 16.4. The van der Waals surface area contributed by atoms with E-state index in [1.54, 1.807) is 6.92 Å². The van der Waals surface area contributed by atoms with Crippen LogP contribution in [-0.4, -0.2) is 34.2 Å². The SMILES string of the molecule is CCOC(=O)CCC(=O)c1ncc(C(=O)NCc2cccc3ccccc23)c(=O)[nH]1. The molecule has 8 heteroatoms. The molecule has 8 nitrogen and oxygen atoms in total. The van der Waals surface area contributed by atoms with E-state index in [2.05, 4.69) is 15.3 Å². The number of ether oxygens (including phenoxy) is 1. The number of ketones is 1. The first-order valence-corrected chi connectivity index (χ1v) is 9.52. The zero-order chi connectivity index (χ0) is 21.5. The van der Waals surface area contributed by atoms with Gasteiger partial charge < -0.3 is 15.0 Å². The Labute approximate surface area is 172 Å². The molecule has 2 aromatic carbocycles. The average molecular weight is 407 g/mol. The van der Waals surface area contributed by atoms with Crippen molar-refractivity contribution in [1.29, 1.82) is 0 Å². The first-order chi connectivity index (χ1) is 14.5. The fourth-order valence-electron chi connectivity index (χ4n) is 2.98. The molecule has 1 heterocycles. The fraction of sp³-hybridized carbons (Fsp3) is 0.227. The highest BCUT2D eigenvalue weighted by Gasteiger charge is 2.16. The van der Waals surface area contributed by atoms with Crippen LogP contribution < -0.4 is 10.9 Å². The van der Waals surface area contributed by atoms with E-state index < -0.39 is 23.2 Å². The van der Waals surface area contributed by atoms with E-state index in [4.69, 9.17) is 4.74 Å². The standard InChI is InChI=1S/C22H21N3O5/c1-2-30-19(27)11-10-18(26)20-23-13-17(22(29)25-20)21(28)24-12-15-8-5-7-14-6-3-4-9-16(14)15/h3-9,13H,2,10-12H2,1H3,(H,24,28)(H,23,25,29). The van der Waals surface area contributed by atoms with Crippen LogP contribution in [0.2, 0.25) is 0 Å². The number of benzene rings is 2. The topological polar surface area (TPSA) is 118 Å². The number of nitrogens with one attached hydrogen (secondary N) is 2. The molecule has 0 saturated heterocycles. The van der Waals surface area contributed by atoms with Crippen LogP contribution in [0.3, 0.4) is 0 Å². The molecule has 2 N–H and O–H groups in total. The van der Waals surface area contributed by atoms with Gasteiger partial charge in [-0.1, -0.05) is 42.5 Å². The maximum absolute atomic E-state index is 12.4. The second kappa shape index (κ2) is 9.60. The summed E-state index contributed by atoms with van der Waals surface area (Å²) in [7, 11) is 0. The Bertz CT molecular complexity index is 1150. The molecule has 0 atom stereocenters. The van der Waals surface area contributed by atoms with Gasteiger partial charge in [-0.25, -0.2) is 4.98 Å². The minimum atomic E-state index is -0.722. The second-order valence-corrected chi connectivity index (χ2v) is 6.52. The van der Waals surface area contributed by atoms with Gasteiger partial charge >= 0.3 is 5.97 Å². The number of aromatic amines is 1. The van der Waals surface area contributed by atoms with Crippen molar-refractivity contribution in [3.63, 3.8) is 0 Å². The number of carbonyl (C=O) groups is 3. The summed E-state index contributed by atoms with van der Waals surface area (Å²) in [5.74, 6) is -1.81. The van der Waals surface area contributed by atoms with Gasteiger partial charge in [0.2, 0.25) is 0 Å². The molecule has 30 heavy (non-hydrogen) atoms. The molecule has 3 aromatic rings. The number of nitrogens with zero attached hydrogens (tertiary/aromatic N) is 1. The summed E-state index contributed by atoms with van der Waals surface area (Å²) in [4.78, 5) is 54.3. The number of esters is 1. The van der Waals surface area contributed by atoms with Gasteiger partial charge in [-0.15, -0.1) is 0 Å². The highest BCUT2D eigenvalue weighted by Crippen LogP contribution is 2.18. The number of hydrogen-bond acceptors (Lipinski definition) is 6. The molecule has 0 spiro atoms. The van der Waals surface area contributed by atoms with Crippen molar-refractivity contribution in [1.82, 2.24) is 15.3 Å². The number of carbonyl (C=O) groups excluding carboxylic acids is 3. The van der Waals surface area contributed by atoms with Crippen LogP contribution in [0, 0.1) is 0 Å².